The molecule has 4 heterocycles. The summed E-state index contributed by atoms with van der Waals surface area (Å²) in [5, 5.41) is 4.30. The molecule has 0 saturated heterocycles. The van der Waals surface area contributed by atoms with Gasteiger partial charge in [0.2, 0.25) is 0 Å². The molecule has 1 amide bonds. The van der Waals surface area contributed by atoms with E-state index in [0.717, 1.165) is 15.3 Å². The highest BCUT2D eigenvalue weighted by Crippen LogP contribution is 2.36. The highest BCUT2D eigenvalue weighted by Gasteiger charge is 2.36. The van der Waals surface area contributed by atoms with Gasteiger partial charge in [0.1, 0.15) is 5.15 Å². The van der Waals surface area contributed by atoms with E-state index in [4.69, 9.17) is 11.6 Å². The molecule has 0 fully saturated rings. The number of nitrogens with zero attached hydrogens (tertiary/aromatic N) is 2. The van der Waals surface area contributed by atoms with Gasteiger partial charge >= 0.3 is 6.18 Å². The molecular formula is C18H12ClF3N4OS. The second-order valence-electron chi connectivity index (χ2n) is 5.93. The van der Waals surface area contributed by atoms with Crippen LogP contribution in [0.25, 0.3) is 16.9 Å². The molecule has 144 valence electrons. The van der Waals surface area contributed by atoms with Crippen molar-refractivity contribution in [2.45, 2.75) is 12.7 Å². The van der Waals surface area contributed by atoms with E-state index in [1.165, 1.54) is 17.5 Å². The van der Waals surface area contributed by atoms with Crippen LogP contribution in [0.5, 0.6) is 0 Å². The van der Waals surface area contributed by atoms with E-state index >= 15 is 0 Å². The van der Waals surface area contributed by atoms with Crippen molar-refractivity contribution in [3.05, 3.63) is 69.4 Å². The Bertz CT molecular complexity index is 1130. The van der Waals surface area contributed by atoms with E-state index in [1.807, 2.05) is 17.5 Å². The van der Waals surface area contributed by atoms with Crippen molar-refractivity contribution >= 4 is 34.5 Å². The van der Waals surface area contributed by atoms with Gasteiger partial charge in [0, 0.05) is 28.5 Å². The molecule has 0 saturated carbocycles. The summed E-state index contributed by atoms with van der Waals surface area (Å²) in [7, 11) is 0. The number of alkyl halides is 3. The Morgan fingerprint density at radius 3 is 2.79 bits per heavy atom. The number of carbonyl (C=O) groups excluding carboxylic acids is 1. The number of halogens is 4. The van der Waals surface area contributed by atoms with Gasteiger partial charge in [-0.1, -0.05) is 17.7 Å². The molecule has 0 aliphatic rings. The topological polar surface area (TPSA) is 62.2 Å². The maximum atomic E-state index is 13.6. The number of amides is 1. The van der Waals surface area contributed by atoms with E-state index in [2.05, 4.69) is 15.3 Å². The van der Waals surface area contributed by atoms with Crippen molar-refractivity contribution in [3.63, 3.8) is 0 Å². The quantitative estimate of drug-likeness (QED) is 0.484. The van der Waals surface area contributed by atoms with Gasteiger partial charge in [0.15, 0.2) is 11.3 Å². The number of pyridine rings is 1. The lowest BCUT2D eigenvalue weighted by Gasteiger charge is -2.10. The minimum Gasteiger partial charge on any atom is -0.361 e. The van der Waals surface area contributed by atoms with E-state index in [0.29, 0.717) is 5.69 Å². The molecule has 4 aromatic heterocycles. The molecule has 28 heavy (non-hydrogen) atoms. The zero-order valence-corrected chi connectivity index (χ0v) is 15.6. The Morgan fingerprint density at radius 1 is 1.32 bits per heavy atom. The number of aromatic amines is 1. The number of imidazole rings is 1. The number of hydrogen-bond acceptors (Lipinski definition) is 3. The Morgan fingerprint density at radius 2 is 2.14 bits per heavy atom. The van der Waals surface area contributed by atoms with Gasteiger partial charge in [0.05, 0.1) is 12.1 Å². The minimum absolute atomic E-state index is 0.183. The average molecular weight is 425 g/mol. The lowest BCUT2D eigenvalue weighted by molar-refractivity contribution is -0.136. The second kappa shape index (κ2) is 6.99. The number of fused-ring (bicyclic) bond motifs is 1. The molecule has 5 nitrogen and oxygen atoms in total. The lowest BCUT2D eigenvalue weighted by atomic mass is 10.1. The smallest absolute Gasteiger partial charge is 0.361 e. The Hall–Kier alpha value is -2.78. The Labute approximate surface area is 165 Å². The van der Waals surface area contributed by atoms with E-state index in [9.17, 15) is 18.0 Å². The third-order valence-electron chi connectivity index (χ3n) is 4.09. The number of aromatic nitrogens is 3. The van der Waals surface area contributed by atoms with Crippen LogP contribution in [0, 0.1) is 0 Å². The highest BCUT2D eigenvalue weighted by molar-refractivity contribution is 7.09. The van der Waals surface area contributed by atoms with E-state index in [1.54, 1.807) is 18.3 Å². The lowest BCUT2D eigenvalue weighted by Crippen LogP contribution is -2.23. The van der Waals surface area contributed by atoms with Crippen molar-refractivity contribution in [2.24, 2.45) is 0 Å². The molecule has 0 aromatic carbocycles. The van der Waals surface area contributed by atoms with Gasteiger partial charge in [-0.05, 0) is 29.6 Å². The molecule has 2 N–H and O–H groups in total. The van der Waals surface area contributed by atoms with Gasteiger partial charge in [-0.25, -0.2) is 4.98 Å². The molecule has 0 radical (unpaired) electrons. The predicted octanol–water partition coefficient (Wildman–Crippen LogP) is 4.99. The summed E-state index contributed by atoms with van der Waals surface area (Å²) in [5.74, 6) is -0.642. The average Bonchev–Trinajstić information content (AvgIpc) is 3.40. The molecule has 4 aromatic rings. The standard InChI is InChI=1S/C18H12ClF3N4OS/c19-15-14(17(27)24-8-11-3-2-6-28-11)25-16-12(18(20,21)22)7-10(9-26(15)16)13-4-1-5-23-13/h1-7,9,23H,8H2,(H,24,27). The van der Waals surface area contributed by atoms with Gasteiger partial charge < -0.3 is 10.3 Å². The van der Waals surface area contributed by atoms with E-state index < -0.39 is 23.3 Å². The molecule has 0 aliphatic carbocycles. The van der Waals surface area contributed by atoms with Crippen LogP contribution in [0.4, 0.5) is 13.2 Å². The van der Waals surface area contributed by atoms with Crippen LogP contribution in [-0.2, 0) is 12.7 Å². The maximum absolute atomic E-state index is 13.6. The first-order valence-electron chi connectivity index (χ1n) is 8.07. The monoisotopic (exact) mass is 424 g/mol. The maximum Gasteiger partial charge on any atom is 0.420 e. The van der Waals surface area contributed by atoms with Crippen LogP contribution in [0.1, 0.15) is 20.9 Å². The third-order valence-corrected chi connectivity index (χ3v) is 5.33. The van der Waals surface area contributed by atoms with Gasteiger partial charge in [-0.2, -0.15) is 13.2 Å². The molecule has 0 unspecified atom stereocenters. The van der Waals surface area contributed by atoms with Crippen LogP contribution in [0.3, 0.4) is 0 Å². The zero-order valence-electron chi connectivity index (χ0n) is 14.0. The molecule has 0 bridgehead atoms. The summed E-state index contributed by atoms with van der Waals surface area (Å²) >= 11 is 7.68. The third kappa shape index (κ3) is 3.38. The number of rotatable bonds is 4. The van der Waals surface area contributed by atoms with Gasteiger partial charge in [0.25, 0.3) is 5.91 Å². The van der Waals surface area contributed by atoms with E-state index in [-0.39, 0.29) is 23.0 Å². The zero-order chi connectivity index (χ0) is 19.9. The Kier molecular flexibility index (Phi) is 4.64. The number of H-pyrrole nitrogens is 1. The number of thiophene rings is 1. The summed E-state index contributed by atoms with van der Waals surface area (Å²) in [6.07, 6.45) is -1.64. The molecule has 10 heteroatoms. The first-order chi connectivity index (χ1) is 13.3. The van der Waals surface area contributed by atoms with Crippen LogP contribution in [0.2, 0.25) is 5.15 Å². The summed E-state index contributed by atoms with van der Waals surface area (Å²) in [6, 6.07) is 7.97. The number of nitrogens with one attached hydrogen (secondary N) is 2. The molecule has 0 aliphatic heterocycles. The first-order valence-corrected chi connectivity index (χ1v) is 9.33. The fraction of sp³-hybridized carbons (Fsp3) is 0.111. The summed E-state index contributed by atoms with van der Waals surface area (Å²) < 4.78 is 41.9. The molecule has 4 rings (SSSR count). The Balaban J connectivity index is 1.79. The van der Waals surface area contributed by atoms with Crippen LogP contribution >= 0.6 is 22.9 Å². The predicted molar refractivity (Wildman–Crippen MR) is 100 cm³/mol. The van der Waals surface area contributed by atoms with Crippen molar-refractivity contribution in [2.75, 3.05) is 0 Å². The van der Waals surface area contributed by atoms with Crippen molar-refractivity contribution in [3.8, 4) is 11.3 Å². The summed E-state index contributed by atoms with van der Waals surface area (Å²) in [6.45, 7) is 0.237. The fourth-order valence-corrected chi connectivity index (χ4v) is 3.69. The minimum atomic E-state index is -4.66. The second-order valence-corrected chi connectivity index (χ2v) is 7.32. The molecule has 0 atom stereocenters. The van der Waals surface area contributed by atoms with Crippen LogP contribution in [-0.4, -0.2) is 20.3 Å². The van der Waals surface area contributed by atoms with Gasteiger partial charge in [-0.3, -0.25) is 9.20 Å². The number of hydrogen-bond donors (Lipinski definition) is 2. The van der Waals surface area contributed by atoms with Crippen molar-refractivity contribution < 1.29 is 18.0 Å². The van der Waals surface area contributed by atoms with Gasteiger partial charge in [-0.15, -0.1) is 11.3 Å². The van der Waals surface area contributed by atoms with Crippen molar-refractivity contribution in [1.29, 1.82) is 0 Å². The first kappa shape index (κ1) is 18.6. The molecular weight excluding hydrogens is 413 g/mol. The van der Waals surface area contributed by atoms with Crippen LogP contribution < -0.4 is 5.32 Å². The highest BCUT2D eigenvalue weighted by atomic mass is 35.5. The van der Waals surface area contributed by atoms with Crippen molar-refractivity contribution in [1.82, 2.24) is 19.7 Å². The SMILES string of the molecule is O=C(NCc1cccs1)c1nc2c(C(F)(F)F)cc(-c3ccc[nH]3)cn2c1Cl. The normalized spacial score (nSPS) is 11.9. The fourth-order valence-electron chi connectivity index (χ4n) is 2.79. The summed E-state index contributed by atoms with van der Waals surface area (Å²) in [4.78, 5) is 20.1. The summed E-state index contributed by atoms with van der Waals surface area (Å²) in [5.41, 5.74) is -0.893. The number of carbonyl (C=O) groups is 1. The molecule has 0 spiro atoms. The largest absolute Gasteiger partial charge is 0.420 e. The van der Waals surface area contributed by atoms with Crippen LogP contribution in [0.15, 0.2) is 48.1 Å².